The van der Waals surface area contributed by atoms with Crippen LogP contribution in [0.2, 0.25) is 5.02 Å². The molecule has 1 aliphatic rings. The molecule has 12 heteroatoms. The van der Waals surface area contributed by atoms with Crippen molar-refractivity contribution in [3.8, 4) is 23.0 Å². The van der Waals surface area contributed by atoms with E-state index < -0.39 is 5.82 Å². The highest BCUT2D eigenvalue weighted by atomic mass is 35.5. The smallest absolute Gasteiger partial charge is 0.293 e. The Morgan fingerprint density at radius 1 is 1.34 bits per heavy atom. The van der Waals surface area contributed by atoms with E-state index in [-0.39, 0.29) is 28.0 Å². The second-order valence-electron chi connectivity index (χ2n) is 7.24. The van der Waals surface area contributed by atoms with E-state index in [1.165, 1.54) is 7.11 Å². The fourth-order valence-electron chi connectivity index (χ4n) is 3.94. The van der Waals surface area contributed by atoms with E-state index in [1.54, 1.807) is 45.9 Å². The van der Waals surface area contributed by atoms with Crippen LogP contribution in [0.5, 0.6) is 5.75 Å². The van der Waals surface area contributed by atoms with Crippen molar-refractivity contribution in [3.05, 3.63) is 41.5 Å². The van der Waals surface area contributed by atoms with Gasteiger partial charge in [0.05, 0.1) is 37.9 Å². The summed E-state index contributed by atoms with van der Waals surface area (Å²) in [6.07, 6.45) is 4.93. The van der Waals surface area contributed by atoms with Crippen LogP contribution in [0.15, 0.2) is 24.8 Å². The number of rotatable bonds is 4. The first-order valence-corrected chi connectivity index (χ1v) is 10.2. The molecule has 10 nitrogen and oxygen atoms in total. The van der Waals surface area contributed by atoms with Crippen LogP contribution in [0.4, 0.5) is 4.39 Å². The molecule has 1 amide bonds. The van der Waals surface area contributed by atoms with E-state index in [1.807, 2.05) is 0 Å². The highest BCUT2D eigenvalue weighted by molar-refractivity contribution is 6.33. The number of fused-ring (bicyclic) bond motifs is 1. The van der Waals surface area contributed by atoms with E-state index >= 15 is 4.39 Å². The van der Waals surface area contributed by atoms with Crippen LogP contribution < -0.4 is 4.74 Å². The summed E-state index contributed by atoms with van der Waals surface area (Å²) in [5, 5.41) is 7.37. The van der Waals surface area contributed by atoms with Crippen molar-refractivity contribution >= 4 is 28.4 Å². The Kier molecular flexibility index (Phi) is 5.06. The predicted octanol–water partition coefficient (Wildman–Crippen LogP) is 2.42. The third-order valence-electron chi connectivity index (χ3n) is 5.48. The maximum absolute atomic E-state index is 15.3. The van der Waals surface area contributed by atoms with E-state index in [9.17, 15) is 4.79 Å². The standard InChI is InChI=1S/C20H19ClFN7O3/c1-27-15-11(9-12(31-2)13(21)14(15)22)16(29-4-3-23-10-29)17(27)18-24-19(26-25-18)20(30)28-5-7-32-8-6-28/h3-4,9-10H,5-8H2,1-2H3,(H,24,25,26). The molecule has 1 aliphatic heterocycles. The van der Waals surface area contributed by atoms with Crippen LogP contribution in [0.1, 0.15) is 10.6 Å². The van der Waals surface area contributed by atoms with Gasteiger partial charge in [-0.15, -0.1) is 5.10 Å². The molecule has 0 saturated carbocycles. The summed E-state index contributed by atoms with van der Waals surface area (Å²) in [7, 11) is 3.11. The van der Waals surface area contributed by atoms with Gasteiger partial charge in [-0.1, -0.05) is 11.6 Å². The summed E-state index contributed by atoms with van der Waals surface area (Å²) >= 11 is 6.18. The molecule has 0 aliphatic carbocycles. The number of benzene rings is 1. The molecule has 0 radical (unpaired) electrons. The van der Waals surface area contributed by atoms with Gasteiger partial charge in [0, 0.05) is 37.9 Å². The molecular weight excluding hydrogens is 441 g/mol. The molecule has 4 heterocycles. The minimum absolute atomic E-state index is 0.0276. The molecule has 0 atom stereocenters. The lowest BCUT2D eigenvalue weighted by molar-refractivity contribution is 0.0295. The van der Waals surface area contributed by atoms with Gasteiger partial charge in [0.15, 0.2) is 11.6 Å². The molecule has 166 valence electrons. The first-order chi connectivity index (χ1) is 15.5. The topological polar surface area (TPSA) is 103 Å². The van der Waals surface area contributed by atoms with E-state index in [0.717, 1.165) is 0 Å². The average Bonchev–Trinajstić information content (AvgIpc) is 3.55. The molecule has 0 bridgehead atoms. The van der Waals surface area contributed by atoms with E-state index in [2.05, 4.69) is 20.2 Å². The number of aryl methyl sites for hydroxylation is 1. The number of nitrogens with one attached hydrogen (secondary N) is 1. The maximum atomic E-state index is 15.3. The third kappa shape index (κ3) is 3.12. The minimum atomic E-state index is -0.625. The van der Waals surface area contributed by atoms with Crippen LogP contribution in [0.25, 0.3) is 28.1 Å². The first-order valence-electron chi connectivity index (χ1n) is 9.83. The fraction of sp³-hybridized carbons (Fsp3) is 0.300. The molecule has 1 N–H and O–H groups in total. The Balaban J connectivity index is 1.70. The van der Waals surface area contributed by atoms with Gasteiger partial charge in [0.25, 0.3) is 5.91 Å². The highest BCUT2D eigenvalue weighted by Gasteiger charge is 2.28. The predicted molar refractivity (Wildman–Crippen MR) is 114 cm³/mol. The SMILES string of the molecule is COc1cc2c(-n3ccnc3)c(-c3nc(C(=O)N4CCOCC4)n[nH]3)n(C)c2c(F)c1Cl. The van der Waals surface area contributed by atoms with Crippen LogP contribution in [-0.4, -0.2) is 73.5 Å². The number of nitrogens with zero attached hydrogens (tertiary/aromatic N) is 6. The number of halogens is 2. The number of amides is 1. The fourth-order valence-corrected chi connectivity index (χ4v) is 4.16. The second kappa shape index (κ2) is 7.92. The Morgan fingerprint density at radius 3 is 2.81 bits per heavy atom. The Morgan fingerprint density at radius 2 is 2.12 bits per heavy atom. The summed E-state index contributed by atoms with van der Waals surface area (Å²) in [6, 6.07) is 1.66. The molecule has 1 saturated heterocycles. The summed E-state index contributed by atoms with van der Waals surface area (Å²) in [4.78, 5) is 23.0. The van der Waals surface area contributed by atoms with Gasteiger partial charge < -0.3 is 23.5 Å². The molecule has 4 aromatic rings. The van der Waals surface area contributed by atoms with Crippen molar-refractivity contribution in [2.45, 2.75) is 0 Å². The monoisotopic (exact) mass is 459 g/mol. The lowest BCUT2D eigenvalue weighted by Crippen LogP contribution is -2.41. The molecule has 0 spiro atoms. The number of aromatic amines is 1. The number of hydrogen-bond acceptors (Lipinski definition) is 6. The molecule has 1 fully saturated rings. The molecule has 1 aromatic carbocycles. The molecule has 5 rings (SSSR count). The molecule has 32 heavy (non-hydrogen) atoms. The average molecular weight is 460 g/mol. The van der Waals surface area contributed by atoms with Crippen LogP contribution in [0, 0.1) is 5.82 Å². The molecule has 3 aromatic heterocycles. The van der Waals surface area contributed by atoms with Crippen LogP contribution in [-0.2, 0) is 11.8 Å². The van der Waals surface area contributed by atoms with Gasteiger partial charge in [-0.3, -0.25) is 9.89 Å². The Hall–Kier alpha value is -3.44. The number of imidazole rings is 1. The summed E-state index contributed by atoms with van der Waals surface area (Å²) in [5.74, 6) is -0.385. The van der Waals surface area contributed by atoms with Gasteiger partial charge in [-0.25, -0.2) is 14.4 Å². The maximum Gasteiger partial charge on any atom is 0.293 e. The lowest BCUT2D eigenvalue weighted by Gasteiger charge is -2.25. The van der Waals surface area contributed by atoms with Gasteiger partial charge in [-0.2, -0.15) is 0 Å². The van der Waals surface area contributed by atoms with Crippen molar-refractivity contribution in [3.63, 3.8) is 0 Å². The van der Waals surface area contributed by atoms with Crippen molar-refractivity contribution in [1.29, 1.82) is 0 Å². The number of methoxy groups -OCH3 is 1. The third-order valence-corrected chi connectivity index (χ3v) is 5.83. The summed E-state index contributed by atoms with van der Waals surface area (Å²) < 4.78 is 29.2. The number of carbonyl (C=O) groups is 1. The van der Waals surface area contributed by atoms with Gasteiger partial charge in [-0.05, 0) is 6.07 Å². The number of hydrogen-bond donors (Lipinski definition) is 1. The zero-order valence-corrected chi connectivity index (χ0v) is 18.1. The van der Waals surface area contributed by atoms with Gasteiger partial charge in [0.2, 0.25) is 5.82 Å². The number of H-pyrrole nitrogens is 1. The second-order valence-corrected chi connectivity index (χ2v) is 7.62. The molecule has 0 unspecified atom stereocenters. The molecular formula is C20H19ClFN7O3. The summed E-state index contributed by atoms with van der Waals surface area (Å²) in [5.41, 5.74) is 1.36. The zero-order valence-electron chi connectivity index (χ0n) is 17.3. The van der Waals surface area contributed by atoms with Gasteiger partial charge >= 0.3 is 0 Å². The van der Waals surface area contributed by atoms with Crippen molar-refractivity contribution < 1.29 is 18.7 Å². The highest BCUT2D eigenvalue weighted by Crippen LogP contribution is 2.41. The first kappa shape index (κ1) is 20.5. The quantitative estimate of drug-likeness (QED) is 0.502. The normalized spacial score (nSPS) is 14.3. The Bertz CT molecular complexity index is 1310. The number of ether oxygens (including phenoxy) is 2. The van der Waals surface area contributed by atoms with Crippen molar-refractivity contribution in [2.75, 3.05) is 33.4 Å². The zero-order chi connectivity index (χ0) is 22.4. The van der Waals surface area contributed by atoms with Crippen LogP contribution >= 0.6 is 11.6 Å². The number of morpholine rings is 1. The lowest BCUT2D eigenvalue weighted by atomic mass is 10.2. The number of carbonyl (C=O) groups excluding carboxylic acids is 1. The van der Waals surface area contributed by atoms with E-state index in [0.29, 0.717) is 48.9 Å². The van der Waals surface area contributed by atoms with Crippen molar-refractivity contribution in [2.24, 2.45) is 7.05 Å². The minimum Gasteiger partial charge on any atom is -0.495 e. The van der Waals surface area contributed by atoms with Crippen LogP contribution in [0.3, 0.4) is 0 Å². The number of aromatic nitrogens is 6. The van der Waals surface area contributed by atoms with E-state index in [4.69, 9.17) is 21.1 Å². The largest absolute Gasteiger partial charge is 0.495 e. The van der Waals surface area contributed by atoms with Crippen molar-refractivity contribution in [1.82, 2.24) is 34.2 Å². The Labute approximate surface area is 186 Å². The summed E-state index contributed by atoms with van der Waals surface area (Å²) in [6.45, 7) is 1.89. The van der Waals surface area contributed by atoms with Gasteiger partial charge in [0.1, 0.15) is 16.5 Å².